The predicted octanol–water partition coefficient (Wildman–Crippen LogP) is 4.10. The van der Waals surface area contributed by atoms with E-state index in [-0.39, 0.29) is 16.9 Å². The van der Waals surface area contributed by atoms with Gasteiger partial charge in [-0.15, -0.1) is 0 Å². The predicted molar refractivity (Wildman–Crippen MR) is 91.5 cm³/mol. The molecule has 0 radical (unpaired) electrons. The Kier molecular flexibility index (Phi) is 5.30. The molecule has 0 spiro atoms. The van der Waals surface area contributed by atoms with Crippen molar-refractivity contribution in [3.63, 3.8) is 0 Å². The van der Waals surface area contributed by atoms with Crippen molar-refractivity contribution in [2.75, 3.05) is 5.32 Å². The Bertz CT molecular complexity index is 868. The van der Waals surface area contributed by atoms with Gasteiger partial charge in [0.05, 0.1) is 4.92 Å². The first kappa shape index (κ1) is 17.2. The highest BCUT2D eigenvalue weighted by Crippen LogP contribution is 2.26. The van der Waals surface area contributed by atoms with Crippen LogP contribution in [0.4, 0.5) is 11.4 Å². The Morgan fingerprint density at radius 1 is 1.29 bits per heavy atom. The van der Waals surface area contributed by atoms with E-state index < -0.39 is 10.8 Å². The largest absolute Gasteiger partial charge is 0.316 e. The van der Waals surface area contributed by atoms with Crippen molar-refractivity contribution in [1.29, 1.82) is 5.26 Å². The number of nitriles is 1. The number of nitrogens with zero attached hydrogens (tertiary/aromatic N) is 2. The summed E-state index contributed by atoms with van der Waals surface area (Å²) in [5, 5.41) is 23.2. The highest BCUT2D eigenvalue weighted by atomic mass is 35.5. The maximum absolute atomic E-state index is 12.2. The third-order valence-electron chi connectivity index (χ3n) is 3.14. The molecule has 24 heavy (non-hydrogen) atoms. The molecule has 2 aromatic carbocycles. The number of amides is 1. The van der Waals surface area contributed by atoms with Crippen LogP contribution in [0, 0.1) is 28.4 Å². The van der Waals surface area contributed by atoms with E-state index in [9.17, 15) is 20.2 Å². The van der Waals surface area contributed by atoms with Crippen LogP contribution in [0.25, 0.3) is 6.08 Å². The fourth-order valence-electron chi connectivity index (χ4n) is 1.96. The fourth-order valence-corrected chi connectivity index (χ4v) is 2.09. The van der Waals surface area contributed by atoms with E-state index >= 15 is 0 Å². The lowest BCUT2D eigenvalue weighted by Crippen LogP contribution is -2.14. The van der Waals surface area contributed by atoms with Gasteiger partial charge in [0.1, 0.15) is 17.3 Å². The number of carbonyl (C=O) groups is 1. The smallest absolute Gasteiger partial charge is 0.293 e. The van der Waals surface area contributed by atoms with E-state index in [4.69, 9.17) is 11.6 Å². The second-order valence-corrected chi connectivity index (χ2v) is 5.39. The van der Waals surface area contributed by atoms with Gasteiger partial charge >= 0.3 is 0 Å². The number of hydrogen-bond donors (Lipinski definition) is 1. The van der Waals surface area contributed by atoms with E-state index in [2.05, 4.69) is 5.32 Å². The summed E-state index contributed by atoms with van der Waals surface area (Å²) < 4.78 is 0. The quantitative estimate of drug-likeness (QED) is 0.392. The zero-order valence-electron chi connectivity index (χ0n) is 12.6. The highest BCUT2D eigenvalue weighted by Gasteiger charge is 2.18. The Hall–Kier alpha value is -3.17. The number of halogens is 1. The molecule has 2 rings (SSSR count). The van der Waals surface area contributed by atoms with Gasteiger partial charge in [-0.05, 0) is 42.3 Å². The summed E-state index contributed by atoms with van der Waals surface area (Å²) in [5.41, 5.74) is 0.939. The van der Waals surface area contributed by atoms with Crippen LogP contribution in [0.15, 0.2) is 48.0 Å². The Balaban J connectivity index is 2.29. The van der Waals surface area contributed by atoms with Crippen molar-refractivity contribution in [3.8, 4) is 6.07 Å². The molecule has 1 amide bonds. The minimum Gasteiger partial charge on any atom is -0.316 e. The number of anilines is 1. The van der Waals surface area contributed by atoms with Gasteiger partial charge < -0.3 is 5.32 Å². The van der Waals surface area contributed by atoms with Crippen molar-refractivity contribution in [2.45, 2.75) is 6.92 Å². The maximum Gasteiger partial charge on any atom is 0.293 e. The first-order valence-electron chi connectivity index (χ1n) is 6.84. The number of aryl methyl sites for hydroxylation is 1. The summed E-state index contributed by atoms with van der Waals surface area (Å²) in [5.74, 6) is -0.723. The van der Waals surface area contributed by atoms with E-state index in [1.165, 1.54) is 18.2 Å². The average Bonchev–Trinajstić information content (AvgIpc) is 2.55. The topological polar surface area (TPSA) is 96.0 Å². The molecule has 0 aliphatic carbocycles. The van der Waals surface area contributed by atoms with Crippen LogP contribution in [-0.2, 0) is 4.79 Å². The summed E-state index contributed by atoms with van der Waals surface area (Å²) in [6.07, 6.45) is 1.38. The molecule has 2 aromatic rings. The summed E-state index contributed by atoms with van der Waals surface area (Å²) in [4.78, 5) is 22.7. The summed E-state index contributed by atoms with van der Waals surface area (Å²) in [6, 6.07) is 12.8. The van der Waals surface area contributed by atoms with E-state index in [0.29, 0.717) is 16.1 Å². The highest BCUT2D eigenvalue weighted by molar-refractivity contribution is 6.30. The number of benzene rings is 2. The third-order valence-corrected chi connectivity index (χ3v) is 3.40. The summed E-state index contributed by atoms with van der Waals surface area (Å²) >= 11 is 5.78. The molecular weight excluding hydrogens is 330 g/mol. The van der Waals surface area contributed by atoms with Crippen molar-refractivity contribution in [1.82, 2.24) is 0 Å². The SMILES string of the molecule is Cc1ccc(NC(=O)C(C#N)=Cc2ccc(Cl)cc2)c([N+](=O)[O-])c1. The van der Waals surface area contributed by atoms with Gasteiger partial charge in [-0.2, -0.15) is 5.26 Å². The van der Waals surface area contributed by atoms with E-state index in [0.717, 1.165) is 0 Å². The second kappa shape index (κ2) is 7.40. The van der Waals surface area contributed by atoms with Gasteiger partial charge in [0, 0.05) is 11.1 Å². The number of carbonyl (C=O) groups excluding carboxylic acids is 1. The molecule has 0 saturated heterocycles. The van der Waals surface area contributed by atoms with Gasteiger partial charge in [0.25, 0.3) is 11.6 Å². The molecule has 0 saturated carbocycles. The standard InChI is InChI=1S/C17H12ClN3O3/c1-11-2-7-15(16(8-11)21(23)24)20-17(22)13(10-19)9-12-3-5-14(18)6-4-12/h2-9H,1H3,(H,20,22). The van der Waals surface area contributed by atoms with E-state index in [1.54, 1.807) is 43.3 Å². The van der Waals surface area contributed by atoms with Gasteiger partial charge in [-0.25, -0.2) is 0 Å². The molecule has 7 heteroatoms. The number of rotatable bonds is 4. The van der Waals surface area contributed by atoms with Crippen molar-refractivity contribution < 1.29 is 9.72 Å². The normalized spacial score (nSPS) is 10.8. The first-order valence-corrected chi connectivity index (χ1v) is 7.22. The lowest BCUT2D eigenvalue weighted by molar-refractivity contribution is -0.384. The van der Waals surface area contributed by atoms with Crippen LogP contribution in [-0.4, -0.2) is 10.8 Å². The zero-order valence-corrected chi connectivity index (χ0v) is 13.4. The first-order chi connectivity index (χ1) is 11.4. The van der Waals surface area contributed by atoms with Gasteiger partial charge in [0.2, 0.25) is 0 Å². The van der Waals surface area contributed by atoms with Crippen LogP contribution < -0.4 is 5.32 Å². The maximum atomic E-state index is 12.2. The summed E-state index contributed by atoms with van der Waals surface area (Å²) in [6.45, 7) is 1.71. The minimum atomic E-state index is -0.723. The van der Waals surface area contributed by atoms with Crippen LogP contribution in [0.2, 0.25) is 5.02 Å². The van der Waals surface area contributed by atoms with Crippen LogP contribution in [0.3, 0.4) is 0 Å². The van der Waals surface area contributed by atoms with Crippen molar-refractivity contribution in [2.24, 2.45) is 0 Å². The number of nitro groups is 1. The fraction of sp³-hybridized carbons (Fsp3) is 0.0588. The molecule has 1 N–H and O–H groups in total. The monoisotopic (exact) mass is 341 g/mol. The van der Waals surface area contributed by atoms with Crippen LogP contribution in [0.1, 0.15) is 11.1 Å². The van der Waals surface area contributed by atoms with Crippen LogP contribution >= 0.6 is 11.6 Å². The Labute approximate surface area is 143 Å². The number of hydrogen-bond acceptors (Lipinski definition) is 4. The summed E-state index contributed by atoms with van der Waals surface area (Å²) in [7, 11) is 0. The number of nitro benzene ring substituents is 1. The lowest BCUT2D eigenvalue weighted by Gasteiger charge is -2.06. The Morgan fingerprint density at radius 2 is 1.96 bits per heavy atom. The molecule has 0 aromatic heterocycles. The molecule has 0 fully saturated rings. The van der Waals surface area contributed by atoms with E-state index in [1.807, 2.05) is 0 Å². The molecule has 120 valence electrons. The average molecular weight is 342 g/mol. The van der Waals surface area contributed by atoms with Crippen LogP contribution in [0.5, 0.6) is 0 Å². The van der Waals surface area contributed by atoms with Gasteiger partial charge in [-0.1, -0.05) is 29.8 Å². The molecule has 0 unspecified atom stereocenters. The molecule has 0 aliphatic rings. The second-order valence-electron chi connectivity index (χ2n) is 4.95. The van der Waals surface area contributed by atoms with Gasteiger partial charge in [0.15, 0.2) is 0 Å². The Morgan fingerprint density at radius 3 is 2.54 bits per heavy atom. The third kappa shape index (κ3) is 4.18. The molecule has 0 bridgehead atoms. The molecule has 0 heterocycles. The molecular formula is C17H12ClN3O3. The molecule has 0 atom stereocenters. The minimum absolute atomic E-state index is 0.0351. The zero-order chi connectivity index (χ0) is 17.7. The van der Waals surface area contributed by atoms with Crippen molar-refractivity contribution in [3.05, 3.63) is 74.3 Å². The van der Waals surface area contributed by atoms with Gasteiger partial charge in [-0.3, -0.25) is 14.9 Å². The lowest BCUT2D eigenvalue weighted by atomic mass is 10.1. The van der Waals surface area contributed by atoms with Crippen molar-refractivity contribution >= 4 is 35.0 Å². The molecule has 0 aliphatic heterocycles. The molecule has 6 nitrogen and oxygen atoms in total. The number of nitrogens with one attached hydrogen (secondary N) is 1.